The molecule has 0 heterocycles. The van der Waals surface area contributed by atoms with Gasteiger partial charge in [0.2, 0.25) is 0 Å². The van der Waals surface area contributed by atoms with Crippen LogP contribution in [0.2, 0.25) is 0 Å². The fourth-order valence-electron chi connectivity index (χ4n) is 2.00. The maximum atomic E-state index is 13.9. The zero-order valence-corrected chi connectivity index (χ0v) is 11.7. The Morgan fingerprint density at radius 2 is 2.16 bits per heavy atom. The largest absolute Gasteiger partial charge is 0.409 e. The quantitative estimate of drug-likeness (QED) is 0.321. The van der Waals surface area contributed by atoms with Crippen LogP contribution in [0.4, 0.5) is 4.39 Å². The first kappa shape index (κ1) is 15.4. The zero-order chi connectivity index (χ0) is 14.4. The summed E-state index contributed by atoms with van der Waals surface area (Å²) in [6.07, 6.45) is 1.00. The molecule has 0 aliphatic carbocycles. The second-order valence-electron chi connectivity index (χ2n) is 4.93. The Morgan fingerprint density at radius 1 is 1.47 bits per heavy atom. The lowest BCUT2D eigenvalue weighted by Crippen LogP contribution is -2.32. The molecule has 4 nitrogen and oxygen atoms in total. The van der Waals surface area contributed by atoms with Gasteiger partial charge in [-0.25, -0.2) is 4.39 Å². The molecule has 1 aromatic carbocycles. The topological polar surface area (TPSA) is 70.6 Å². The number of hydrogen-bond donors (Lipinski definition) is 3. The van der Waals surface area contributed by atoms with Crippen molar-refractivity contribution in [3.05, 3.63) is 35.1 Å². The van der Waals surface area contributed by atoms with E-state index in [4.69, 9.17) is 10.9 Å². The summed E-state index contributed by atoms with van der Waals surface area (Å²) in [6.45, 7) is 6.85. The van der Waals surface area contributed by atoms with Gasteiger partial charge in [-0.2, -0.15) is 0 Å². The van der Waals surface area contributed by atoms with Crippen molar-refractivity contribution in [2.75, 3.05) is 0 Å². The molecule has 0 spiro atoms. The Morgan fingerprint density at radius 3 is 2.63 bits per heavy atom. The van der Waals surface area contributed by atoms with Crippen molar-refractivity contribution in [3.8, 4) is 0 Å². The van der Waals surface area contributed by atoms with Gasteiger partial charge in [0.1, 0.15) is 5.82 Å². The Kier molecular flexibility index (Phi) is 5.76. The minimum Gasteiger partial charge on any atom is -0.409 e. The smallest absolute Gasteiger partial charge is 0.170 e. The predicted octanol–water partition coefficient (Wildman–Crippen LogP) is 2.44. The normalized spacial score (nSPS) is 13.8. The van der Waals surface area contributed by atoms with Gasteiger partial charge in [0, 0.05) is 23.7 Å². The summed E-state index contributed by atoms with van der Waals surface area (Å²) in [5, 5.41) is 14.7. The molecule has 0 fully saturated rings. The summed E-state index contributed by atoms with van der Waals surface area (Å²) in [5.74, 6) is 0.0618. The molecule has 0 radical (unpaired) electrons. The number of benzene rings is 1. The lowest BCUT2D eigenvalue weighted by Gasteiger charge is -2.21. The monoisotopic (exact) mass is 267 g/mol. The van der Waals surface area contributed by atoms with Crippen LogP contribution in [0.3, 0.4) is 0 Å². The average molecular weight is 267 g/mol. The number of hydrogen-bond acceptors (Lipinski definition) is 3. The number of rotatable bonds is 6. The highest BCUT2D eigenvalue weighted by molar-refractivity contribution is 5.97. The van der Waals surface area contributed by atoms with Crippen molar-refractivity contribution >= 4 is 5.84 Å². The number of oxime groups is 1. The van der Waals surface area contributed by atoms with Crippen molar-refractivity contribution < 1.29 is 9.60 Å². The van der Waals surface area contributed by atoms with E-state index in [1.54, 1.807) is 12.1 Å². The van der Waals surface area contributed by atoms with Crippen LogP contribution in [0.5, 0.6) is 0 Å². The maximum Gasteiger partial charge on any atom is 0.170 e. The third-order valence-electron chi connectivity index (χ3n) is 3.26. The van der Waals surface area contributed by atoms with E-state index in [1.165, 1.54) is 6.07 Å². The molecule has 0 aliphatic heterocycles. The van der Waals surface area contributed by atoms with Crippen LogP contribution in [0, 0.1) is 11.7 Å². The van der Waals surface area contributed by atoms with Crippen LogP contribution < -0.4 is 11.1 Å². The molecule has 0 aliphatic rings. The highest BCUT2D eigenvalue weighted by Crippen LogP contribution is 2.12. The predicted molar refractivity (Wildman–Crippen MR) is 74.7 cm³/mol. The van der Waals surface area contributed by atoms with Gasteiger partial charge in [0.25, 0.3) is 0 Å². The van der Waals surface area contributed by atoms with Gasteiger partial charge in [0.15, 0.2) is 5.84 Å². The van der Waals surface area contributed by atoms with Crippen LogP contribution in [0.15, 0.2) is 23.4 Å². The van der Waals surface area contributed by atoms with E-state index < -0.39 is 0 Å². The summed E-state index contributed by atoms with van der Waals surface area (Å²) in [4.78, 5) is 0. The second-order valence-corrected chi connectivity index (χ2v) is 4.93. The van der Waals surface area contributed by atoms with Gasteiger partial charge >= 0.3 is 0 Å². The van der Waals surface area contributed by atoms with Crippen LogP contribution >= 0.6 is 0 Å². The second kappa shape index (κ2) is 7.09. The van der Waals surface area contributed by atoms with Gasteiger partial charge in [0.05, 0.1) is 0 Å². The van der Waals surface area contributed by atoms with Crippen molar-refractivity contribution in [1.82, 2.24) is 5.32 Å². The zero-order valence-electron chi connectivity index (χ0n) is 11.7. The molecule has 0 saturated carbocycles. The van der Waals surface area contributed by atoms with E-state index in [0.717, 1.165) is 6.42 Å². The molecule has 1 atom stereocenters. The first-order valence-electron chi connectivity index (χ1n) is 6.49. The lowest BCUT2D eigenvalue weighted by molar-refractivity contribution is 0.318. The Hall–Kier alpha value is -1.62. The Labute approximate surface area is 113 Å². The molecule has 5 heteroatoms. The molecular formula is C14H22FN3O. The van der Waals surface area contributed by atoms with Crippen LogP contribution in [-0.4, -0.2) is 17.1 Å². The van der Waals surface area contributed by atoms with Gasteiger partial charge in [-0.1, -0.05) is 38.1 Å². The van der Waals surface area contributed by atoms with Gasteiger partial charge in [-0.15, -0.1) is 0 Å². The number of amidine groups is 1. The minimum atomic E-state index is -0.352. The number of nitrogens with two attached hydrogens (primary N) is 1. The molecule has 1 rings (SSSR count). The molecule has 4 N–H and O–H groups in total. The van der Waals surface area contributed by atoms with Gasteiger partial charge in [-0.05, 0) is 18.4 Å². The first-order chi connectivity index (χ1) is 8.99. The fourth-order valence-corrected chi connectivity index (χ4v) is 2.00. The Balaban J connectivity index is 2.75. The molecule has 1 unspecified atom stereocenters. The first-order valence-corrected chi connectivity index (χ1v) is 6.49. The molecule has 0 bridgehead atoms. The third-order valence-corrected chi connectivity index (χ3v) is 3.26. The molecule has 106 valence electrons. The third kappa shape index (κ3) is 4.21. The average Bonchev–Trinajstić information content (AvgIpc) is 2.39. The fraction of sp³-hybridized carbons (Fsp3) is 0.500. The van der Waals surface area contributed by atoms with Crippen molar-refractivity contribution in [1.29, 1.82) is 0 Å². The molecule has 19 heavy (non-hydrogen) atoms. The highest BCUT2D eigenvalue weighted by Gasteiger charge is 2.12. The number of halogens is 1. The van der Waals surface area contributed by atoms with Crippen LogP contribution in [-0.2, 0) is 6.54 Å². The van der Waals surface area contributed by atoms with Gasteiger partial charge < -0.3 is 16.3 Å². The van der Waals surface area contributed by atoms with E-state index >= 15 is 0 Å². The summed E-state index contributed by atoms with van der Waals surface area (Å²) >= 11 is 0. The minimum absolute atomic E-state index is 0.0907. The Bertz CT molecular complexity index is 446. The molecular weight excluding hydrogens is 245 g/mol. The number of nitrogens with one attached hydrogen (secondary N) is 1. The van der Waals surface area contributed by atoms with E-state index in [9.17, 15) is 4.39 Å². The van der Waals surface area contributed by atoms with Crippen LogP contribution in [0.25, 0.3) is 0 Å². The highest BCUT2D eigenvalue weighted by atomic mass is 19.1. The van der Waals surface area contributed by atoms with E-state index in [-0.39, 0.29) is 11.7 Å². The summed E-state index contributed by atoms with van der Waals surface area (Å²) in [5.41, 5.74) is 6.37. The summed E-state index contributed by atoms with van der Waals surface area (Å²) in [7, 11) is 0. The van der Waals surface area contributed by atoms with E-state index in [0.29, 0.717) is 29.6 Å². The maximum absolute atomic E-state index is 13.9. The molecule has 0 saturated heterocycles. The summed E-state index contributed by atoms with van der Waals surface area (Å²) < 4.78 is 13.9. The summed E-state index contributed by atoms with van der Waals surface area (Å²) in [6, 6.07) is 4.94. The standard InChI is InChI=1S/C14H22FN3O/c1-4-13(9(2)3)17-8-11-6-5-10(7-12(11)15)14(16)18-19/h5-7,9,13,17,19H,4,8H2,1-3H3,(H2,16,18). The number of nitrogens with zero attached hydrogens (tertiary/aromatic N) is 1. The van der Waals surface area contributed by atoms with Crippen LogP contribution in [0.1, 0.15) is 38.3 Å². The lowest BCUT2D eigenvalue weighted by atomic mass is 10.0. The molecule has 1 aromatic rings. The van der Waals surface area contributed by atoms with Crippen molar-refractivity contribution in [3.63, 3.8) is 0 Å². The molecule has 0 aromatic heterocycles. The van der Waals surface area contributed by atoms with E-state index in [2.05, 4.69) is 31.2 Å². The van der Waals surface area contributed by atoms with Gasteiger partial charge in [-0.3, -0.25) is 0 Å². The molecule has 0 amide bonds. The SMILES string of the molecule is CCC(NCc1ccc(C(N)=NO)cc1F)C(C)C. The van der Waals surface area contributed by atoms with Crippen molar-refractivity contribution in [2.45, 2.75) is 39.8 Å². The van der Waals surface area contributed by atoms with E-state index in [1.807, 2.05) is 0 Å². The van der Waals surface area contributed by atoms with Crippen molar-refractivity contribution in [2.24, 2.45) is 16.8 Å².